The molecule has 2 N–H and O–H groups in total. The van der Waals surface area contributed by atoms with Crippen molar-refractivity contribution in [1.29, 1.82) is 0 Å². The lowest BCUT2D eigenvalue weighted by Gasteiger charge is -2.22. The van der Waals surface area contributed by atoms with Gasteiger partial charge in [-0.3, -0.25) is 5.32 Å². The summed E-state index contributed by atoms with van der Waals surface area (Å²) in [7, 11) is -3.87. The molecule has 0 aromatic heterocycles. The van der Waals surface area contributed by atoms with Gasteiger partial charge in [-0.15, -0.1) is 0 Å². The SMILES string of the molecule is Cc1ccc(S(=O)(=O)NC(=NC2CCCCC2)NC(=O)OC(C)(C)C)cc1. The number of carbonyl (C=O) groups is 1. The number of aryl methyl sites for hydroxylation is 1. The molecule has 0 atom stereocenters. The highest BCUT2D eigenvalue weighted by Gasteiger charge is 2.23. The van der Waals surface area contributed by atoms with Crippen LogP contribution in [0.2, 0.25) is 0 Å². The highest BCUT2D eigenvalue weighted by molar-refractivity contribution is 7.90. The number of rotatable bonds is 3. The summed E-state index contributed by atoms with van der Waals surface area (Å²) in [6.07, 6.45) is 4.22. The number of nitrogens with zero attached hydrogens (tertiary/aromatic N) is 1. The molecule has 7 nitrogen and oxygen atoms in total. The van der Waals surface area contributed by atoms with Crippen molar-refractivity contribution in [3.05, 3.63) is 29.8 Å². The van der Waals surface area contributed by atoms with Crippen molar-refractivity contribution in [3.63, 3.8) is 0 Å². The number of benzene rings is 1. The second-order valence-corrected chi connectivity index (χ2v) is 9.50. The Hall–Kier alpha value is -2.09. The normalized spacial score (nSPS) is 16.7. The Kier molecular flexibility index (Phi) is 6.86. The molecule has 0 heterocycles. The smallest absolute Gasteiger partial charge is 0.414 e. The molecule has 1 fully saturated rings. The maximum Gasteiger partial charge on any atom is 0.414 e. The van der Waals surface area contributed by atoms with Gasteiger partial charge in [0.05, 0.1) is 10.9 Å². The average molecular weight is 396 g/mol. The predicted molar refractivity (Wildman–Crippen MR) is 105 cm³/mol. The Balaban J connectivity index is 2.21. The Bertz CT molecular complexity index is 774. The second kappa shape index (κ2) is 8.73. The second-order valence-electron chi connectivity index (χ2n) is 7.81. The quantitative estimate of drug-likeness (QED) is 0.605. The summed E-state index contributed by atoms with van der Waals surface area (Å²) in [5, 5.41) is 2.46. The standard InChI is InChI=1S/C19H29N3O4S/c1-14-10-12-16(13-11-14)27(24,25)22-17(20-15-8-6-5-7-9-15)21-18(23)26-19(2,3)4/h10-13,15H,5-9H2,1-4H3,(H2,20,21,22,23). The zero-order valence-corrected chi connectivity index (χ0v) is 17.2. The van der Waals surface area contributed by atoms with E-state index in [-0.39, 0.29) is 16.9 Å². The van der Waals surface area contributed by atoms with E-state index in [0.29, 0.717) is 0 Å². The summed E-state index contributed by atoms with van der Waals surface area (Å²) in [5.74, 6) is -0.100. The molecule has 0 bridgehead atoms. The fraction of sp³-hybridized carbons (Fsp3) is 0.579. The van der Waals surface area contributed by atoms with Crippen LogP contribution < -0.4 is 10.0 Å². The number of amides is 1. The summed E-state index contributed by atoms with van der Waals surface area (Å²) in [6, 6.07) is 6.44. The minimum absolute atomic E-state index is 0.0237. The highest BCUT2D eigenvalue weighted by atomic mass is 32.2. The highest BCUT2D eigenvalue weighted by Crippen LogP contribution is 2.20. The number of carbonyl (C=O) groups excluding carboxylic acids is 1. The third kappa shape index (κ3) is 7.21. The lowest BCUT2D eigenvalue weighted by Crippen LogP contribution is -2.46. The molecular formula is C19H29N3O4S. The van der Waals surface area contributed by atoms with Gasteiger partial charge in [0.2, 0.25) is 5.96 Å². The van der Waals surface area contributed by atoms with E-state index in [2.05, 4.69) is 15.0 Å². The van der Waals surface area contributed by atoms with E-state index in [1.807, 2.05) is 6.92 Å². The van der Waals surface area contributed by atoms with E-state index >= 15 is 0 Å². The maximum absolute atomic E-state index is 12.7. The largest absolute Gasteiger partial charge is 0.444 e. The first-order chi connectivity index (χ1) is 12.5. The molecule has 150 valence electrons. The fourth-order valence-electron chi connectivity index (χ4n) is 2.78. The molecule has 0 aliphatic heterocycles. The molecule has 0 radical (unpaired) electrons. The van der Waals surface area contributed by atoms with Crippen LogP contribution in [0.5, 0.6) is 0 Å². The molecule has 2 rings (SSSR count). The van der Waals surface area contributed by atoms with Crippen molar-refractivity contribution in [2.24, 2.45) is 4.99 Å². The molecule has 1 aromatic rings. The Morgan fingerprint density at radius 1 is 1.11 bits per heavy atom. The molecule has 1 saturated carbocycles. The fourth-order valence-corrected chi connectivity index (χ4v) is 3.75. The number of guanidine groups is 1. The number of alkyl carbamates (subject to hydrolysis) is 1. The Labute approximate surface area is 161 Å². The Morgan fingerprint density at radius 2 is 1.70 bits per heavy atom. The van der Waals surface area contributed by atoms with Gasteiger partial charge in [-0.2, -0.15) is 0 Å². The minimum atomic E-state index is -3.87. The van der Waals surface area contributed by atoms with Crippen molar-refractivity contribution < 1.29 is 17.9 Å². The van der Waals surface area contributed by atoms with Crippen molar-refractivity contribution in [1.82, 2.24) is 10.0 Å². The van der Waals surface area contributed by atoms with Crippen LogP contribution in [0.4, 0.5) is 4.79 Å². The third-order valence-corrected chi connectivity index (χ3v) is 5.42. The number of hydrogen-bond donors (Lipinski definition) is 2. The Morgan fingerprint density at radius 3 is 2.26 bits per heavy atom. The van der Waals surface area contributed by atoms with Crippen LogP contribution in [0.15, 0.2) is 34.2 Å². The van der Waals surface area contributed by atoms with E-state index in [0.717, 1.165) is 37.7 Å². The van der Waals surface area contributed by atoms with Gasteiger partial charge in [-0.05, 0) is 52.7 Å². The van der Waals surface area contributed by atoms with Gasteiger partial charge in [0.15, 0.2) is 0 Å². The van der Waals surface area contributed by atoms with Gasteiger partial charge in [-0.1, -0.05) is 37.0 Å². The van der Waals surface area contributed by atoms with Crippen molar-refractivity contribution in [2.75, 3.05) is 0 Å². The van der Waals surface area contributed by atoms with Gasteiger partial charge in [0.1, 0.15) is 5.60 Å². The van der Waals surface area contributed by atoms with Crippen molar-refractivity contribution in [2.45, 2.75) is 76.3 Å². The van der Waals surface area contributed by atoms with Gasteiger partial charge in [-0.25, -0.2) is 22.9 Å². The van der Waals surface area contributed by atoms with Crippen LogP contribution in [-0.2, 0) is 14.8 Å². The lowest BCUT2D eigenvalue weighted by molar-refractivity contribution is 0.0562. The molecule has 0 spiro atoms. The average Bonchev–Trinajstić information content (AvgIpc) is 2.53. The van der Waals surface area contributed by atoms with E-state index < -0.39 is 21.7 Å². The maximum atomic E-state index is 12.7. The molecule has 0 saturated heterocycles. The van der Waals surface area contributed by atoms with Crippen LogP contribution in [0, 0.1) is 6.92 Å². The molecule has 1 aliphatic rings. The lowest BCUT2D eigenvalue weighted by atomic mass is 9.96. The van der Waals surface area contributed by atoms with E-state index in [1.54, 1.807) is 32.9 Å². The summed E-state index contributed by atoms with van der Waals surface area (Å²) < 4.78 is 33.0. The van der Waals surface area contributed by atoms with Crippen LogP contribution in [0.1, 0.15) is 58.4 Å². The van der Waals surface area contributed by atoms with Crippen LogP contribution in [-0.4, -0.2) is 32.1 Å². The number of nitrogens with one attached hydrogen (secondary N) is 2. The summed E-state index contributed by atoms with van der Waals surface area (Å²) in [5.41, 5.74) is 0.257. The van der Waals surface area contributed by atoms with Gasteiger partial charge < -0.3 is 4.74 Å². The first kappa shape index (κ1) is 21.2. The van der Waals surface area contributed by atoms with E-state index in [1.165, 1.54) is 12.1 Å². The van der Waals surface area contributed by atoms with Gasteiger partial charge in [0, 0.05) is 0 Å². The van der Waals surface area contributed by atoms with Crippen molar-refractivity contribution in [3.8, 4) is 0 Å². The minimum Gasteiger partial charge on any atom is -0.444 e. The molecule has 0 unspecified atom stereocenters. The number of sulfonamides is 1. The first-order valence-corrected chi connectivity index (χ1v) is 10.7. The third-order valence-electron chi connectivity index (χ3n) is 4.07. The zero-order valence-electron chi connectivity index (χ0n) is 16.4. The van der Waals surface area contributed by atoms with Crippen LogP contribution in [0.3, 0.4) is 0 Å². The zero-order chi connectivity index (χ0) is 20.1. The summed E-state index contributed by atoms with van der Waals surface area (Å²) in [6.45, 7) is 7.09. The summed E-state index contributed by atoms with van der Waals surface area (Å²) in [4.78, 5) is 16.7. The number of ether oxygens (including phenoxy) is 1. The first-order valence-electron chi connectivity index (χ1n) is 9.22. The van der Waals surface area contributed by atoms with Crippen LogP contribution in [0.25, 0.3) is 0 Å². The predicted octanol–water partition coefficient (Wildman–Crippen LogP) is 3.49. The molecule has 8 heteroatoms. The molecular weight excluding hydrogens is 366 g/mol. The molecule has 1 aromatic carbocycles. The topological polar surface area (TPSA) is 96.9 Å². The monoisotopic (exact) mass is 395 g/mol. The van der Waals surface area contributed by atoms with Gasteiger partial charge >= 0.3 is 6.09 Å². The van der Waals surface area contributed by atoms with E-state index in [9.17, 15) is 13.2 Å². The molecule has 27 heavy (non-hydrogen) atoms. The van der Waals surface area contributed by atoms with Crippen LogP contribution >= 0.6 is 0 Å². The number of aliphatic imine (C=N–C) groups is 1. The molecule has 1 amide bonds. The van der Waals surface area contributed by atoms with Gasteiger partial charge in [0.25, 0.3) is 10.0 Å². The number of hydrogen-bond acceptors (Lipinski definition) is 5. The van der Waals surface area contributed by atoms with Crippen molar-refractivity contribution >= 4 is 22.1 Å². The summed E-state index contributed by atoms with van der Waals surface area (Å²) >= 11 is 0. The molecule has 1 aliphatic carbocycles. The van der Waals surface area contributed by atoms with E-state index in [4.69, 9.17) is 4.74 Å².